The number of carbonyl (C=O) groups excluding carboxylic acids is 3. The third kappa shape index (κ3) is 4.48. The minimum absolute atomic E-state index is 0.00365. The smallest absolute Gasteiger partial charge is 0.314 e. The molecule has 2 N–H and O–H groups in total. The van der Waals surface area contributed by atoms with Gasteiger partial charge in [0.2, 0.25) is 5.91 Å². The molecule has 0 aromatic heterocycles. The molecule has 152 valence electrons. The van der Waals surface area contributed by atoms with Gasteiger partial charge in [0.05, 0.1) is 25.6 Å². The van der Waals surface area contributed by atoms with Crippen LogP contribution in [0.2, 0.25) is 0 Å². The maximum absolute atomic E-state index is 12.4. The van der Waals surface area contributed by atoms with Gasteiger partial charge in [0, 0.05) is 18.7 Å². The first kappa shape index (κ1) is 20.2. The van der Waals surface area contributed by atoms with Crippen molar-refractivity contribution in [1.82, 2.24) is 0 Å². The number of nitrogens with zero attached hydrogens (tertiary/aromatic N) is 1. The molecule has 0 radical (unpaired) electrons. The quantitative estimate of drug-likeness (QED) is 0.756. The van der Waals surface area contributed by atoms with E-state index in [9.17, 15) is 14.4 Å². The van der Waals surface area contributed by atoms with Gasteiger partial charge in [-0.05, 0) is 49.2 Å². The summed E-state index contributed by atoms with van der Waals surface area (Å²) in [6.07, 6.45) is 1.24. The molecule has 0 atom stereocenters. The van der Waals surface area contributed by atoms with Crippen LogP contribution in [0.1, 0.15) is 18.4 Å². The topological polar surface area (TPSA) is 97.0 Å². The fourth-order valence-corrected chi connectivity index (χ4v) is 3.17. The average Bonchev–Trinajstić information content (AvgIpc) is 3.13. The van der Waals surface area contributed by atoms with Crippen LogP contribution in [0.5, 0.6) is 11.5 Å². The standard InChI is InChI=1S/C21H23N3O5/c1-13-6-8-17(28-2)15(11-13)23-21(27)20(26)22-14-7-9-18(29-3)16(12-14)24-10-4-5-19(24)25/h6-9,11-12H,4-5,10H2,1-3H3,(H,22,26)(H,23,27). The number of nitrogens with one attached hydrogen (secondary N) is 2. The van der Waals surface area contributed by atoms with Crippen molar-refractivity contribution in [2.75, 3.05) is 36.3 Å². The van der Waals surface area contributed by atoms with E-state index in [4.69, 9.17) is 9.47 Å². The maximum atomic E-state index is 12.4. The van der Waals surface area contributed by atoms with Crippen LogP contribution in [-0.4, -0.2) is 38.5 Å². The van der Waals surface area contributed by atoms with Crippen LogP contribution >= 0.6 is 0 Å². The Labute approximate surface area is 168 Å². The summed E-state index contributed by atoms with van der Waals surface area (Å²) in [7, 11) is 3.00. The molecule has 0 unspecified atom stereocenters. The SMILES string of the molecule is COc1ccc(C)cc1NC(=O)C(=O)Nc1ccc(OC)c(N2CCCC2=O)c1. The molecule has 0 bridgehead atoms. The zero-order chi connectivity index (χ0) is 21.0. The summed E-state index contributed by atoms with van der Waals surface area (Å²) in [5.74, 6) is -0.694. The highest BCUT2D eigenvalue weighted by Gasteiger charge is 2.25. The lowest BCUT2D eigenvalue weighted by Gasteiger charge is -2.20. The Morgan fingerprint density at radius 1 is 0.966 bits per heavy atom. The molecule has 1 aliphatic heterocycles. The van der Waals surface area contributed by atoms with Gasteiger partial charge in [0.15, 0.2) is 0 Å². The van der Waals surface area contributed by atoms with Gasteiger partial charge in [0.1, 0.15) is 11.5 Å². The molecule has 8 nitrogen and oxygen atoms in total. The van der Waals surface area contributed by atoms with Crippen LogP contribution in [-0.2, 0) is 14.4 Å². The minimum Gasteiger partial charge on any atom is -0.495 e. The Morgan fingerprint density at radius 3 is 2.31 bits per heavy atom. The van der Waals surface area contributed by atoms with E-state index in [0.29, 0.717) is 41.5 Å². The van der Waals surface area contributed by atoms with Crippen molar-refractivity contribution in [3.8, 4) is 11.5 Å². The van der Waals surface area contributed by atoms with E-state index < -0.39 is 11.8 Å². The third-order valence-corrected chi connectivity index (χ3v) is 4.61. The van der Waals surface area contributed by atoms with Gasteiger partial charge < -0.3 is 25.0 Å². The highest BCUT2D eigenvalue weighted by molar-refractivity contribution is 6.43. The average molecular weight is 397 g/mol. The largest absolute Gasteiger partial charge is 0.495 e. The predicted molar refractivity (Wildman–Crippen MR) is 110 cm³/mol. The highest BCUT2D eigenvalue weighted by atomic mass is 16.5. The summed E-state index contributed by atoms with van der Waals surface area (Å²) in [4.78, 5) is 38.4. The summed E-state index contributed by atoms with van der Waals surface area (Å²) in [6, 6.07) is 10.2. The molecular weight excluding hydrogens is 374 g/mol. The molecule has 1 aliphatic rings. The van der Waals surface area contributed by atoms with Crippen molar-refractivity contribution in [2.24, 2.45) is 0 Å². The number of benzene rings is 2. The van der Waals surface area contributed by atoms with E-state index in [1.165, 1.54) is 14.2 Å². The number of carbonyl (C=O) groups is 3. The Balaban J connectivity index is 1.76. The molecule has 1 saturated heterocycles. The number of methoxy groups -OCH3 is 2. The number of amides is 3. The monoisotopic (exact) mass is 397 g/mol. The van der Waals surface area contributed by atoms with E-state index in [0.717, 1.165) is 12.0 Å². The van der Waals surface area contributed by atoms with Crippen LogP contribution in [0.15, 0.2) is 36.4 Å². The fourth-order valence-electron chi connectivity index (χ4n) is 3.17. The number of aryl methyl sites for hydroxylation is 1. The molecule has 0 spiro atoms. The van der Waals surface area contributed by atoms with Gasteiger partial charge in [-0.3, -0.25) is 14.4 Å². The maximum Gasteiger partial charge on any atom is 0.314 e. The first-order valence-electron chi connectivity index (χ1n) is 9.18. The molecule has 0 saturated carbocycles. The zero-order valence-electron chi connectivity index (χ0n) is 16.6. The second-order valence-electron chi connectivity index (χ2n) is 6.65. The fraction of sp³-hybridized carbons (Fsp3) is 0.286. The van der Waals surface area contributed by atoms with E-state index in [1.54, 1.807) is 35.2 Å². The molecule has 29 heavy (non-hydrogen) atoms. The summed E-state index contributed by atoms with van der Waals surface area (Å²) in [6.45, 7) is 2.45. The number of hydrogen-bond acceptors (Lipinski definition) is 5. The first-order valence-corrected chi connectivity index (χ1v) is 9.18. The van der Waals surface area contributed by atoms with Crippen LogP contribution in [0.4, 0.5) is 17.1 Å². The number of rotatable bonds is 5. The summed E-state index contributed by atoms with van der Waals surface area (Å²) in [5, 5.41) is 5.12. The second-order valence-corrected chi connectivity index (χ2v) is 6.65. The Kier molecular flexibility index (Phi) is 6.01. The molecule has 3 rings (SSSR count). The van der Waals surface area contributed by atoms with Gasteiger partial charge in [-0.1, -0.05) is 6.07 Å². The van der Waals surface area contributed by atoms with Crippen molar-refractivity contribution < 1.29 is 23.9 Å². The normalized spacial score (nSPS) is 13.2. The minimum atomic E-state index is -0.836. The highest BCUT2D eigenvalue weighted by Crippen LogP contribution is 2.34. The molecule has 1 fully saturated rings. The van der Waals surface area contributed by atoms with Gasteiger partial charge in [-0.2, -0.15) is 0 Å². The second kappa shape index (κ2) is 8.64. The van der Waals surface area contributed by atoms with Gasteiger partial charge >= 0.3 is 11.8 Å². The number of anilines is 3. The summed E-state index contributed by atoms with van der Waals surface area (Å²) in [5.41, 5.74) is 2.27. The van der Waals surface area contributed by atoms with Crippen molar-refractivity contribution in [2.45, 2.75) is 19.8 Å². The van der Waals surface area contributed by atoms with Crippen LogP contribution in [0.3, 0.4) is 0 Å². The number of hydrogen-bond donors (Lipinski definition) is 2. The van der Waals surface area contributed by atoms with Gasteiger partial charge in [0.25, 0.3) is 0 Å². The first-order chi connectivity index (χ1) is 13.9. The van der Waals surface area contributed by atoms with Gasteiger partial charge in [-0.15, -0.1) is 0 Å². The Hall–Kier alpha value is -3.55. The molecule has 1 heterocycles. The molecular formula is C21H23N3O5. The number of ether oxygens (including phenoxy) is 2. The Morgan fingerprint density at radius 2 is 1.66 bits per heavy atom. The van der Waals surface area contributed by atoms with Crippen LogP contribution in [0.25, 0.3) is 0 Å². The van der Waals surface area contributed by atoms with E-state index in [1.807, 2.05) is 13.0 Å². The van der Waals surface area contributed by atoms with E-state index in [-0.39, 0.29) is 5.91 Å². The summed E-state index contributed by atoms with van der Waals surface area (Å²) >= 11 is 0. The van der Waals surface area contributed by atoms with Crippen LogP contribution < -0.4 is 25.0 Å². The molecule has 8 heteroatoms. The summed E-state index contributed by atoms with van der Waals surface area (Å²) < 4.78 is 10.5. The van der Waals surface area contributed by atoms with Crippen LogP contribution in [0, 0.1) is 6.92 Å². The lowest BCUT2D eigenvalue weighted by atomic mass is 10.2. The third-order valence-electron chi connectivity index (χ3n) is 4.61. The molecule has 2 aromatic rings. The Bertz CT molecular complexity index is 957. The lowest BCUT2D eigenvalue weighted by molar-refractivity contribution is -0.133. The van der Waals surface area contributed by atoms with Gasteiger partial charge in [-0.25, -0.2) is 0 Å². The molecule has 3 amide bonds. The molecule has 2 aromatic carbocycles. The predicted octanol–water partition coefficient (Wildman–Crippen LogP) is 2.72. The lowest BCUT2D eigenvalue weighted by Crippen LogP contribution is -2.29. The van der Waals surface area contributed by atoms with E-state index >= 15 is 0 Å². The zero-order valence-corrected chi connectivity index (χ0v) is 16.6. The van der Waals surface area contributed by atoms with Crippen molar-refractivity contribution in [1.29, 1.82) is 0 Å². The molecule has 0 aliphatic carbocycles. The van der Waals surface area contributed by atoms with Crippen molar-refractivity contribution >= 4 is 34.8 Å². The van der Waals surface area contributed by atoms with Crippen molar-refractivity contribution in [3.63, 3.8) is 0 Å². The van der Waals surface area contributed by atoms with Crippen molar-refractivity contribution in [3.05, 3.63) is 42.0 Å². The van der Waals surface area contributed by atoms with E-state index in [2.05, 4.69) is 10.6 Å².